The molecule has 0 bridgehead atoms. The quantitative estimate of drug-likeness (QED) is 0.891. The van der Waals surface area contributed by atoms with Crippen LogP contribution in [0.25, 0.3) is 0 Å². The lowest BCUT2D eigenvalue weighted by Gasteiger charge is -2.34. The molecule has 6 heteroatoms. The number of anilines is 1. The Bertz CT molecular complexity index is 564. The third-order valence-corrected chi connectivity index (χ3v) is 3.45. The van der Waals surface area contributed by atoms with Crippen molar-refractivity contribution in [1.82, 2.24) is 25.1 Å². The van der Waals surface area contributed by atoms with E-state index < -0.39 is 0 Å². The van der Waals surface area contributed by atoms with Crippen molar-refractivity contribution >= 4 is 5.95 Å². The largest absolute Gasteiger partial charge is 0.330 e. The van der Waals surface area contributed by atoms with Crippen LogP contribution in [0.2, 0.25) is 0 Å². The van der Waals surface area contributed by atoms with Crippen LogP contribution in [-0.4, -0.2) is 31.7 Å². The van der Waals surface area contributed by atoms with Crippen molar-refractivity contribution in [3.63, 3.8) is 0 Å². The molecule has 0 aromatic carbocycles. The minimum atomic E-state index is 0.181. The third-order valence-electron chi connectivity index (χ3n) is 3.45. The van der Waals surface area contributed by atoms with Gasteiger partial charge in [-0.1, -0.05) is 0 Å². The molecule has 2 aromatic rings. The summed E-state index contributed by atoms with van der Waals surface area (Å²) in [5, 5.41) is 7.23. The van der Waals surface area contributed by atoms with E-state index in [4.69, 9.17) is 0 Å². The second-order valence-corrected chi connectivity index (χ2v) is 4.98. The summed E-state index contributed by atoms with van der Waals surface area (Å²) in [4.78, 5) is 15.6. The number of aryl methyl sites for hydroxylation is 2. The number of H-pyrrole nitrogens is 1. The molecule has 2 aromatic heterocycles. The van der Waals surface area contributed by atoms with Crippen LogP contribution in [0.1, 0.15) is 42.6 Å². The van der Waals surface area contributed by atoms with Gasteiger partial charge in [-0.2, -0.15) is 5.10 Å². The number of hydrogen-bond acceptors (Lipinski definition) is 5. The summed E-state index contributed by atoms with van der Waals surface area (Å²) in [6.07, 6.45) is 5.22. The topological polar surface area (TPSA) is 70.6 Å². The summed E-state index contributed by atoms with van der Waals surface area (Å²) in [6.45, 7) is 4.87. The number of hydrogen-bond donors (Lipinski definition) is 1. The fourth-order valence-electron chi connectivity index (χ4n) is 2.52. The first-order valence-electron chi connectivity index (χ1n) is 6.69. The maximum absolute atomic E-state index is 4.53. The van der Waals surface area contributed by atoms with Gasteiger partial charge in [0.15, 0.2) is 5.82 Å². The van der Waals surface area contributed by atoms with Gasteiger partial charge in [-0.25, -0.2) is 15.0 Å². The van der Waals surface area contributed by atoms with E-state index in [1.165, 1.54) is 6.42 Å². The number of nitrogens with zero attached hydrogens (tertiary/aromatic N) is 5. The van der Waals surface area contributed by atoms with Gasteiger partial charge in [0.25, 0.3) is 0 Å². The van der Waals surface area contributed by atoms with Crippen molar-refractivity contribution in [3.05, 3.63) is 29.6 Å². The molecular formula is C13H18N6. The molecular weight excluding hydrogens is 240 g/mol. The molecule has 1 aliphatic heterocycles. The molecule has 19 heavy (non-hydrogen) atoms. The predicted octanol–water partition coefficient (Wildman–Crippen LogP) is 1.94. The van der Waals surface area contributed by atoms with Gasteiger partial charge in [0.05, 0.1) is 6.04 Å². The molecule has 1 unspecified atom stereocenters. The van der Waals surface area contributed by atoms with Gasteiger partial charge in [0.2, 0.25) is 5.95 Å². The summed E-state index contributed by atoms with van der Waals surface area (Å²) in [5.74, 6) is 2.49. The minimum absolute atomic E-state index is 0.181. The Labute approximate surface area is 112 Å². The Morgan fingerprint density at radius 1 is 1.26 bits per heavy atom. The molecule has 1 atom stereocenters. The van der Waals surface area contributed by atoms with Crippen LogP contribution in [0, 0.1) is 13.8 Å². The highest BCUT2D eigenvalue weighted by Gasteiger charge is 2.28. The highest BCUT2D eigenvalue weighted by molar-refractivity contribution is 5.34. The smallest absolute Gasteiger partial charge is 0.226 e. The van der Waals surface area contributed by atoms with Gasteiger partial charge < -0.3 is 4.90 Å². The average Bonchev–Trinajstić information content (AvgIpc) is 2.85. The summed E-state index contributed by atoms with van der Waals surface area (Å²) >= 11 is 0. The number of piperidine rings is 1. The van der Waals surface area contributed by atoms with Gasteiger partial charge in [-0.15, -0.1) is 0 Å². The first-order valence-corrected chi connectivity index (χ1v) is 6.69. The molecule has 1 fully saturated rings. The fraction of sp³-hybridized carbons (Fsp3) is 0.538. The second-order valence-electron chi connectivity index (χ2n) is 4.98. The lowest BCUT2D eigenvalue weighted by molar-refractivity contribution is 0.449. The predicted molar refractivity (Wildman–Crippen MR) is 71.8 cm³/mol. The highest BCUT2D eigenvalue weighted by Crippen LogP contribution is 2.31. The van der Waals surface area contributed by atoms with Crippen LogP contribution >= 0.6 is 0 Å². The summed E-state index contributed by atoms with van der Waals surface area (Å²) in [7, 11) is 0. The Morgan fingerprint density at radius 3 is 2.89 bits per heavy atom. The van der Waals surface area contributed by atoms with E-state index in [1.54, 1.807) is 0 Å². The Kier molecular flexibility index (Phi) is 3.15. The monoisotopic (exact) mass is 258 g/mol. The van der Waals surface area contributed by atoms with E-state index in [-0.39, 0.29) is 6.04 Å². The van der Waals surface area contributed by atoms with Crippen LogP contribution in [-0.2, 0) is 0 Å². The van der Waals surface area contributed by atoms with Crippen LogP contribution in [0.15, 0.2) is 12.3 Å². The van der Waals surface area contributed by atoms with E-state index in [1.807, 2.05) is 26.1 Å². The van der Waals surface area contributed by atoms with Crippen LogP contribution in [0.3, 0.4) is 0 Å². The maximum atomic E-state index is 4.53. The molecule has 1 N–H and O–H groups in total. The molecule has 6 nitrogen and oxygen atoms in total. The lowest BCUT2D eigenvalue weighted by Crippen LogP contribution is -2.35. The lowest BCUT2D eigenvalue weighted by atomic mass is 10.0. The van der Waals surface area contributed by atoms with Gasteiger partial charge in [-0.05, 0) is 39.2 Å². The Balaban J connectivity index is 1.93. The zero-order chi connectivity index (χ0) is 13.2. The molecule has 0 saturated carbocycles. The van der Waals surface area contributed by atoms with Crippen molar-refractivity contribution in [2.24, 2.45) is 0 Å². The van der Waals surface area contributed by atoms with Crippen molar-refractivity contribution < 1.29 is 0 Å². The molecule has 100 valence electrons. The first kappa shape index (κ1) is 12.1. The van der Waals surface area contributed by atoms with Crippen LogP contribution in [0.4, 0.5) is 5.95 Å². The zero-order valence-corrected chi connectivity index (χ0v) is 11.3. The standard InChI is InChI=1S/C13H18N6/c1-9-6-7-14-13(15-9)19-8-4-3-5-11(19)12-16-10(2)17-18-12/h6-7,11H,3-5,8H2,1-2H3,(H,16,17,18). The van der Waals surface area contributed by atoms with E-state index >= 15 is 0 Å². The van der Waals surface area contributed by atoms with Crippen molar-refractivity contribution in [1.29, 1.82) is 0 Å². The number of nitrogens with one attached hydrogen (secondary N) is 1. The fourth-order valence-corrected chi connectivity index (χ4v) is 2.52. The van der Waals surface area contributed by atoms with Crippen LogP contribution < -0.4 is 4.90 Å². The van der Waals surface area contributed by atoms with Gasteiger partial charge >= 0.3 is 0 Å². The van der Waals surface area contributed by atoms with E-state index in [0.717, 1.165) is 42.7 Å². The minimum Gasteiger partial charge on any atom is -0.330 e. The van der Waals surface area contributed by atoms with Gasteiger partial charge in [0.1, 0.15) is 5.82 Å². The van der Waals surface area contributed by atoms with E-state index in [9.17, 15) is 0 Å². The van der Waals surface area contributed by atoms with Crippen molar-refractivity contribution in [3.8, 4) is 0 Å². The average molecular weight is 258 g/mol. The molecule has 1 aliphatic rings. The first-order chi connectivity index (χ1) is 9.24. The molecule has 0 amide bonds. The summed E-state index contributed by atoms with van der Waals surface area (Å²) in [6, 6.07) is 2.10. The van der Waals surface area contributed by atoms with Crippen molar-refractivity contribution in [2.75, 3.05) is 11.4 Å². The number of aromatic amines is 1. The zero-order valence-electron chi connectivity index (χ0n) is 11.3. The number of aromatic nitrogens is 5. The molecule has 0 spiro atoms. The molecule has 3 heterocycles. The summed E-state index contributed by atoms with van der Waals surface area (Å²) in [5.41, 5.74) is 0.987. The van der Waals surface area contributed by atoms with Gasteiger partial charge in [-0.3, -0.25) is 5.10 Å². The third kappa shape index (κ3) is 2.43. The molecule has 1 saturated heterocycles. The van der Waals surface area contributed by atoms with E-state index in [0.29, 0.717) is 0 Å². The summed E-state index contributed by atoms with van der Waals surface area (Å²) < 4.78 is 0. The van der Waals surface area contributed by atoms with Crippen LogP contribution in [0.5, 0.6) is 0 Å². The Hall–Kier alpha value is -1.98. The maximum Gasteiger partial charge on any atom is 0.226 e. The number of rotatable bonds is 2. The van der Waals surface area contributed by atoms with E-state index in [2.05, 4.69) is 30.0 Å². The Morgan fingerprint density at radius 2 is 2.16 bits per heavy atom. The molecule has 0 radical (unpaired) electrons. The molecule has 0 aliphatic carbocycles. The SMILES string of the molecule is Cc1ccnc(N2CCCCC2c2n[nH]c(C)n2)n1. The van der Waals surface area contributed by atoms with Crippen molar-refractivity contribution in [2.45, 2.75) is 39.2 Å². The molecule has 3 rings (SSSR count). The van der Waals surface area contributed by atoms with Gasteiger partial charge in [0, 0.05) is 18.4 Å². The highest BCUT2D eigenvalue weighted by atomic mass is 15.3. The normalized spacial score (nSPS) is 19.7. The second kappa shape index (κ2) is 4.95.